The number of piperazine rings is 1. The summed E-state index contributed by atoms with van der Waals surface area (Å²) in [5.41, 5.74) is 3.47. The molecule has 0 N–H and O–H groups in total. The highest BCUT2D eigenvalue weighted by molar-refractivity contribution is 6.08. The number of aromatic nitrogens is 1. The van der Waals surface area contributed by atoms with Crippen LogP contribution in [0.5, 0.6) is 5.75 Å². The number of carbonyl (C=O) groups is 2. The number of hydrogen-bond acceptors (Lipinski definition) is 4. The van der Waals surface area contributed by atoms with Crippen LogP contribution in [-0.4, -0.2) is 54.4 Å². The van der Waals surface area contributed by atoms with Crippen molar-refractivity contribution < 1.29 is 14.3 Å². The minimum absolute atomic E-state index is 0.0121. The van der Waals surface area contributed by atoms with E-state index in [1.807, 2.05) is 64.1 Å². The van der Waals surface area contributed by atoms with E-state index in [0.717, 1.165) is 36.6 Å². The number of carbonyl (C=O) groups excluding carboxylic acids is 2. The Morgan fingerprint density at radius 2 is 1.56 bits per heavy atom. The number of rotatable bonds is 5. The van der Waals surface area contributed by atoms with E-state index in [1.165, 1.54) is 0 Å². The number of ether oxygens (including phenoxy) is 1. The van der Waals surface area contributed by atoms with Gasteiger partial charge in [0.25, 0.3) is 0 Å². The van der Waals surface area contributed by atoms with Gasteiger partial charge in [0.05, 0.1) is 18.7 Å². The Morgan fingerprint density at radius 3 is 2.25 bits per heavy atom. The molecule has 2 aromatic carbocycles. The van der Waals surface area contributed by atoms with Crippen LogP contribution in [0.25, 0.3) is 0 Å². The standard InChI is InChI=1S/C26H27N3O3/c1-32-21-9-7-20(8-10-21)27-15-17-28(18-16-27)26(31)22-13-14-29-23(22)11-12-24(29)25(30)19-5-3-2-4-6-19/h2-12,22H,13-18H2,1H3. The molecular formula is C26H27N3O3. The van der Waals surface area contributed by atoms with E-state index >= 15 is 0 Å². The molecule has 3 aromatic rings. The van der Waals surface area contributed by atoms with Crippen LogP contribution in [-0.2, 0) is 11.3 Å². The first-order valence-corrected chi connectivity index (χ1v) is 11.1. The number of amides is 1. The van der Waals surface area contributed by atoms with Gasteiger partial charge in [-0.2, -0.15) is 0 Å². The molecule has 1 saturated heterocycles. The molecule has 0 radical (unpaired) electrons. The van der Waals surface area contributed by atoms with Gasteiger partial charge in [-0.25, -0.2) is 0 Å². The summed E-state index contributed by atoms with van der Waals surface area (Å²) in [6.07, 6.45) is 0.753. The fraction of sp³-hybridized carbons (Fsp3) is 0.308. The monoisotopic (exact) mass is 429 g/mol. The second-order valence-electron chi connectivity index (χ2n) is 8.34. The summed E-state index contributed by atoms with van der Waals surface area (Å²) >= 11 is 0. The highest BCUT2D eigenvalue weighted by Crippen LogP contribution is 2.33. The van der Waals surface area contributed by atoms with Crippen LogP contribution in [0.4, 0.5) is 5.69 Å². The normalized spacial score (nSPS) is 17.8. The average Bonchev–Trinajstić information content (AvgIpc) is 3.46. The van der Waals surface area contributed by atoms with Crippen molar-refractivity contribution in [3.8, 4) is 5.75 Å². The molecule has 32 heavy (non-hydrogen) atoms. The van der Waals surface area contributed by atoms with Crippen LogP contribution >= 0.6 is 0 Å². The lowest BCUT2D eigenvalue weighted by atomic mass is 10.0. The summed E-state index contributed by atoms with van der Waals surface area (Å²) in [5.74, 6) is 0.866. The zero-order chi connectivity index (χ0) is 22.1. The SMILES string of the molecule is COc1ccc(N2CCN(C(=O)C3CCn4c(C(=O)c5ccccc5)ccc43)CC2)cc1. The maximum atomic E-state index is 13.3. The van der Waals surface area contributed by atoms with Gasteiger partial charge in [0, 0.05) is 49.7 Å². The van der Waals surface area contributed by atoms with Gasteiger partial charge in [-0.3, -0.25) is 9.59 Å². The topological polar surface area (TPSA) is 54.8 Å². The Hall–Kier alpha value is -3.54. The quantitative estimate of drug-likeness (QED) is 0.582. The summed E-state index contributed by atoms with van der Waals surface area (Å²) < 4.78 is 7.27. The van der Waals surface area contributed by atoms with Gasteiger partial charge < -0.3 is 19.1 Å². The maximum absolute atomic E-state index is 13.3. The summed E-state index contributed by atoms with van der Waals surface area (Å²) in [7, 11) is 1.67. The van der Waals surface area contributed by atoms with E-state index in [1.54, 1.807) is 7.11 Å². The molecule has 1 unspecified atom stereocenters. The number of ketones is 1. The molecule has 0 aliphatic carbocycles. The van der Waals surface area contributed by atoms with Gasteiger partial charge in [-0.15, -0.1) is 0 Å². The first-order valence-electron chi connectivity index (χ1n) is 11.1. The summed E-state index contributed by atoms with van der Waals surface area (Å²) in [4.78, 5) is 30.5. The molecule has 0 bridgehead atoms. The second kappa shape index (κ2) is 8.54. The summed E-state index contributed by atoms with van der Waals surface area (Å²) in [6.45, 7) is 3.74. The molecule has 0 spiro atoms. The average molecular weight is 430 g/mol. The zero-order valence-electron chi connectivity index (χ0n) is 18.2. The van der Waals surface area contributed by atoms with Crippen molar-refractivity contribution in [1.29, 1.82) is 0 Å². The third-order valence-corrected chi connectivity index (χ3v) is 6.61. The fourth-order valence-corrected chi connectivity index (χ4v) is 4.83. The number of anilines is 1. The van der Waals surface area contributed by atoms with E-state index in [2.05, 4.69) is 17.0 Å². The van der Waals surface area contributed by atoms with Crippen molar-refractivity contribution in [2.45, 2.75) is 18.9 Å². The lowest BCUT2D eigenvalue weighted by Gasteiger charge is -2.37. The van der Waals surface area contributed by atoms with Gasteiger partial charge in [-0.1, -0.05) is 30.3 Å². The molecule has 6 heteroatoms. The molecule has 2 aliphatic heterocycles. The number of hydrogen-bond donors (Lipinski definition) is 0. The van der Waals surface area contributed by atoms with Crippen molar-refractivity contribution in [2.75, 3.05) is 38.2 Å². The minimum Gasteiger partial charge on any atom is -0.497 e. The zero-order valence-corrected chi connectivity index (χ0v) is 18.2. The summed E-state index contributed by atoms with van der Waals surface area (Å²) in [6, 6.07) is 21.2. The third-order valence-electron chi connectivity index (χ3n) is 6.61. The number of benzene rings is 2. The number of fused-ring (bicyclic) bond motifs is 1. The molecule has 1 amide bonds. The Labute approximate surface area is 188 Å². The Kier molecular flexibility index (Phi) is 5.43. The van der Waals surface area contributed by atoms with Crippen LogP contribution < -0.4 is 9.64 Å². The predicted molar refractivity (Wildman–Crippen MR) is 123 cm³/mol. The highest BCUT2D eigenvalue weighted by atomic mass is 16.5. The van der Waals surface area contributed by atoms with E-state index in [-0.39, 0.29) is 17.6 Å². The van der Waals surface area contributed by atoms with Gasteiger partial charge in [0.1, 0.15) is 5.75 Å². The van der Waals surface area contributed by atoms with Gasteiger partial charge in [0.15, 0.2) is 0 Å². The van der Waals surface area contributed by atoms with Crippen LogP contribution in [0.2, 0.25) is 0 Å². The molecule has 1 fully saturated rings. The first kappa shape index (κ1) is 20.4. The van der Waals surface area contributed by atoms with E-state index < -0.39 is 0 Å². The van der Waals surface area contributed by atoms with Crippen molar-refractivity contribution in [3.05, 3.63) is 83.7 Å². The van der Waals surface area contributed by atoms with Crippen LogP contribution in [0.15, 0.2) is 66.7 Å². The predicted octanol–water partition coefficient (Wildman–Crippen LogP) is 3.56. The molecule has 1 aromatic heterocycles. The first-order chi connectivity index (χ1) is 15.7. The van der Waals surface area contributed by atoms with E-state index in [4.69, 9.17) is 4.74 Å². The van der Waals surface area contributed by atoms with Crippen molar-refractivity contribution in [2.24, 2.45) is 0 Å². The lowest BCUT2D eigenvalue weighted by molar-refractivity contribution is -0.133. The molecule has 1 atom stereocenters. The van der Waals surface area contributed by atoms with Gasteiger partial charge in [-0.05, 0) is 42.8 Å². The second-order valence-corrected chi connectivity index (χ2v) is 8.34. The Bertz CT molecular complexity index is 1110. The largest absolute Gasteiger partial charge is 0.497 e. The molecular weight excluding hydrogens is 402 g/mol. The summed E-state index contributed by atoms with van der Waals surface area (Å²) in [5, 5.41) is 0. The fourth-order valence-electron chi connectivity index (χ4n) is 4.83. The minimum atomic E-state index is -0.167. The van der Waals surface area contributed by atoms with Crippen LogP contribution in [0, 0.1) is 0 Å². The molecule has 0 saturated carbocycles. The molecule has 6 nitrogen and oxygen atoms in total. The van der Waals surface area contributed by atoms with Crippen LogP contribution in [0.3, 0.4) is 0 Å². The number of nitrogens with zero attached hydrogens (tertiary/aromatic N) is 3. The maximum Gasteiger partial charge on any atom is 0.231 e. The lowest BCUT2D eigenvalue weighted by Crippen LogP contribution is -2.50. The smallest absolute Gasteiger partial charge is 0.231 e. The molecule has 2 aliphatic rings. The Morgan fingerprint density at radius 1 is 0.844 bits per heavy atom. The molecule has 5 rings (SSSR count). The number of methoxy groups -OCH3 is 1. The van der Waals surface area contributed by atoms with Crippen molar-refractivity contribution in [1.82, 2.24) is 9.47 Å². The van der Waals surface area contributed by atoms with Crippen molar-refractivity contribution in [3.63, 3.8) is 0 Å². The van der Waals surface area contributed by atoms with Gasteiger partial charge in [0.2, 0.25) is 11.7 Å². The molecule has 3 heterocycles. The van der Waals surface area contributed by atoms with Gasteiger partial charge >= 0.3 is 0 Å². The van der Waals surface area contributed by atoms with E-state index in [0.29, 0.717) is 30.9 Å². The highest BCUT2D eigenvalue weighted by Gasteiger charge is 2.35. The van der Waals surface area contributed by atoms with Crippen molar-refractivity contribution >= 4 is 17.4 Å². The Balaban J connectivity index is 1.25. The third kappa shape index (κ3) is 3.66. The van der Waals surface area contributed by atoms with E-state index in [9.17, 15) is 9.59 Å². The molecule has 164 valence electrons. The van der Waals surface area contributed by atoms with Crippen LogP contribution in [0.1, 0.15) is 34.1 Å².